The Morgan fingerprint density at radius 2 is 1.97 bits per heavy atom. The van der Waals surface area contributed by atoms with Gasteiger partial charge in [-0.05, 0) is 44.0 Å². The molecule has 186 valence electrons. The van der Waals surface area contributed by atoms with Gasteiger partial charge in [0.15, 0.2) is 11.5 Å². The van der Waals surface area contributed by atoms with Crippen molar-refractivity contribution in [2.45, 2.75) is 37.6 Å². The van der Waals surface area contributed by atoms with Gasteiger partial charge in [-0.25, -0.2) is 4.98 Å². The zero-order valence-electron chi connectivity index (χ0n) is 20.2. The average Bonchev–Trinajstić information content (AvgIpc) is 3.40. The molecule has 0 radical (unpaired) electrons. The van der Waals surface area contributed by atoms with Crippen LogP contribution in [0.3, 0.4) is 0 Å². The number of methoxy groups -OCH3 is 1. The van der Waals surface area contributed by atoms with Crippen LogP contribution in [-0.4, -0.2) is 61.2 Å². The highest BCUT2D eigenvalue weighted by atomic mass is 32.1. The van der Waals surface area contributed by atoms with Crippen molar-refractivity contribution in [2.75, 3.05) is 34.4 Å². The van der Waals surface area contributed by atoms with Crippen molar-refractivity contribution in [1.29, 1.82) is 0 Å². The summed E-state index contributed by atoms with van der Waals surface area (Å²) >= 11 is 1.50. The third-order valence-electron chi connectivity index (χ3n) is 6.21. The number of thiazole rings is 1. The molecule has 4 rings (SSSR count). The molecule has 2 N–H and O–H groups in total. The number of aromatic nitrogens is 1. The first kappa shape index (κ1) is 24.9. The summed E-state index contributed by atoms with van der Waals surface area (Å²) in [5.74, 6) is -0.137. The van der Waals surface area contributed by atoms with Gasteiger partial charge in [-0.2, -0.15) is 0 Å². The number of nitrogens with one attached hydrogen (secondary N) is 1. The number of aliphatic carboxylic acids is 1. The van der Waals surface area contributed by atoms with Crippen molar-refractivity contribution in [3.05, 3.63) is 52.5 Å². The van der Waals surface area contributed by atoms with Crippen molar-refractivity contribution in [2.24, 2.45) is 0 Å². The molecule has 0 aliphatic heterocycles. The summed E-state index contributed by atoms with van der Waals surface area (Å²) in [7, 11) is 5.68. The molecule has 1 heterocycles. The fraction of sp³-hybridized carbons (Fsp3) is 0.423. The maximum absolute atomic E-state index is 13.1. The van der Waals surface area contributed by atoms with Crippen LogP contribution in [0.15, 0.2) is 36.4 Å². The van der Waals surface area contributed by atoms with E-state index in [0.717, 1.165) is 39.3 Å². The Morgan fingerprint density at radius 1 is 1.20 bits per heavy atom. The maximum atomic E-state index is 13.1. The smallest absolute Gasteiger partial charge is 0.303 e. The summed E-state index contributed by atoms with van der Waals surface area (Å²) in [6, 6.07) is 11.4. The lowest BCUT2D eigenvalue weighted by molar-refractivity contribution is -0.137. The van der Waals surface area contributed by atoms with Crippen LogP contribution in [0.1, 0.15) is 47.2 Å². The molecular formula is C26H31N3O5S. The molecule has 9 heteroatoms. The van der Waals surface area contributed by atoms with Gasteiger partial charge in [0, 0.05) is 18.7 Å². The number of benzene rings is 2. The summed E-state index contributed by atoms with van der Waals surface area (Å²) < 4.78 is 12.4. The highest BCUT2D eigenvalue weighted by Gasteiger charge is 2.36. The van der Waals surface area contributed by atoms with Crippen LogP contribution in [-0.2, 0) is 16.1 Å². The molecule has 0 saturated heterocycles. The Bertz CT molecular complexity index is 1210. The van der Waals surface area contributed by atoms with Crippen molar-refractivity contribution in [3.63, 3.8) is 0 Å². The third kappa shape index (κ3) is 5.91. The van der Waals surface area contributed by atoms with Gasteiger partial charge in [0.2, 0.25) is 5.91 Å². The molecule has 35 heavy (non-hydrogen) atoms. The van der Waals surface area contributed by atoms with Crippen LogP contribution in [0.25, 0.3) is 10.2 Å². The Morgan fingerprint density at radius 3 is 2.69 bits per heavy atom. The molecule has 1 aliphatic rings. The van der Waals surface area contributed by atoms with Gasteiger partial charge in [0.1, 0.15) is 5.01 Å². The van der Waals surface area contributed by atoms with Gasteiger partial charge in [-0.3, -0.25) is 9.59 Å². The van der Waals surface area contributed by atoms with Crippen LogP contribution < -0.4 is 14.8 Å². The lowest BCUT2D eigenvalue weighted by atomic mass is 9.97. The van der Waals surface area contributed by atoms with E-state index < -0.39 is 5.97 Å². The van der Waals surface area contributed by atoms with E-state index in [1.165, 1.54) is 11.3 Å². The molecule has 1 aliphatic carbocycles. The summed E-state index contributed by atoms with van der Waals surface area (Å²) in [6.07, 6.45) is 1.43. The van der Waals surface area contributed by atoms with Crippen LogP contribution in [0.5, 0.6) is 11.5 Å². The van der Waals surface area contributed by atoms with E-state index in [1.807, 2.05) is 50.5 Å². The number of carboxylic acid groups (broad SMARTS) is 1. The van der Waals surface area contributed by atoms with E-state index >= 15 is 0 Å². The standard InChI is InChI=1S/C26H31N3O5S/c1-29(2)9-6-10-34-22-13-20-23(14-21(22)33-3)35-24(28-20)15-27-26(32)19-11-16(12-25(30)31)17-7-4-5-8-18(17)19/h4-5,7-8,13-14,16,19H,6,9-12,15H2,1-3H3,(H,27,32)(H,30,31). The van der Waals surface area contributed by atoms with Gasteiger partial charge in [-0.1, -0.05) is 24.3 Å². The first-order valence-corrected chi connectivity index (χ1v) is 12.5. The van der Waals surface area contributed by atoms with Gasteiger partial charge < -0.3 is 24.8 Å². The molecule has 1 aromatic heterocycles. The van der Waals surface area contributed by atoms with Gasteiger partial charge in [0.05, 0.1) is 42.8 Å². The average molecular weight is 498 g/mol. The largest absolute Gasteiger partial charge is 0.493 e. The minimum absolute atomic E-state index is 0.0278. The minimum atomic E-state index is -0.850. The second-order valence-electron chi connectivity index (χ2n) is 9.01. The Balaban J connectivity index is 1.42. The number of rotatable bonds is 11. The fourth-order valence-corrected chi connectivity index (χ4v) is 5.49. The molecule has 0 saturated carbocycles. The topological polar surface area (TPSA) is 101 Å². The number of ether oxygens (including phenoxy) is 2. The van der Waals surface area contributed by atoms with Crippen LogP contribution in [0.4, 0.5) is 0 Å². The molecular weight excluding hydrogens is 466 g/mol. The second-order valence-corrected chi connectivity index (χ2v) is 10.1. The molecule has 0 bridgehead atoms. The monoisotopic (exact) mass is 497 g/mol. The molecule has 8 nitrogen and oxygen atoms in total. The van der Waals surface area contributed by atoms with Crippen molar-refractivity contribution >= 4 is 33.4 Å². The van der Waals surface area contributed by atoms with E-state index in [9.17, 15) is 14.7 Å². The Kier molecular flexibility index (Phi) is 7.87. The minimum Gasteiger partial charge on any atom is -0.493 e. The zero-order valence-corrected chi connectivity index (χ0v) is 21.1. The Hall–Kier alpha value is -3.17. The molecule has 2 unspecified atom stereocenters. The summed E-state index contributed by atoms with van der Waals surface area (Å²) in [5.41, 5.74) is 2.68. The SMILES string of the molecule is COc1cc2sc(CNC(=O)C3CC(CC(=O)O)c4ccccc43)nc2cc1OCCCN(C)C. The van der Waals surface area contributed by atoms with E-state index in [1.54, 1.807) is 7.11 Å². The summed E-state index contributed by atoms with van der Waals surface area (Å²) in [5, 5.41) is 13.0. The van der Waals surface area contributed by atoms with Crippen LogP contribution in [0, 0.1) is 0 Å². The van der Waals surface area contributed by atoms with Gasteiger partial charge >= 0.3 is 5.97 Å². The molecule has 3 aromatic rings. The Labute approximate surface area is 208 Å². The number of nitrogens with zero attached hydrogens (tertiary/aromatic N) is 2. The van der Waals surface area contributed by atoms with E-state index in [2.05, 4.69) is 15.2 Å². The van der Waals surface area contributed by atoms with Crippen LogP contribution >= 0.6 is 11.3 Å². The fourth-order valence-electron chi connectivity index (χ4n) is 4.57. The predicted octanol–water partition coefficient (Wildman–Crippen LogP) is 4.00. The lowest BCUT2D eigenvalue weighted by Crippen LogP contribution is -2.28. The van der Waals surface area contributed by atoms with Gasteiger partial charge in [-0.15, -0.1) is 11.3 Å². The molecule has 1 amide bonds. The lowest BCUT2D eigenvalue weighted by Gasteiger charge is -2.12. The number of hydrogen-bond acceptors (Lipinski definition) is 7. The van der Waals surface area contributed by atoms with Crippen molar-refractivity contribution < 1.29 is 24.2 Å². The van der Waals surface area contributed by atoms with E-state index in [-0.39, 0.29) is 24.2 Å². The number of fused-ring (bicyclic) bond motifs is 2. The second kappa shape index (κ2) is 11.0. The predicted molar refractivity (Wildman–Crippen MR) is 135 cm³/mol. The number of carboxylic acids is 1. The van der Waals surface area contributed by atoms with Crippen molar-refractivity contribution in [3.8, 4) is 11.5 Å². The van der Waals surface area contributed by atoms with E-state index in [0.29, 0.717) is 31.1 Å². The maximum Gasteiger partial charge on any atom is 0.303 e. The number of hydrogen-bond donors (Lipinski definition) is 2. The number of amides is 1. The van der Waals surface area contributed by atoms with Crippen molar-refractivity contribution in [1.82, 2.24) is 15.2 Å². The van der Waals surface area contributed by atoms with E-state index in [4.69, 9.17) is 9.47 Å². The number of carbonyl (C=O) groups excluding carboxylic acids is 1. The molecule has 0 fully saturated rings. The molecule has 0 spiro atoms. The van der Waals surface area contributed by atoms with Gasteiger partial charge in [0.25, 0.3) is 0 Å². The molecule has 2 aromatic carbocycles. The van der Waals surface area contributed by atoms with Crippen LogP contribution in [0.2, 0.25) is 0 Å². The quantitative estimate of drug-likeness (QED) is 0.386. The highest BCUT2D eigenvalue weighted by Crippen LogP contribution is 2.43. The normalized spacial score (nSPS) is 16.9. The molecule has 2 atom stereocenters. The zero-order chi connectivity index (χ0) is 24.9. The number of carbonyl (C=O) groups is 2. The highest BCUT2D eigenvalue weighted by molar-refractivity contribution is 7.18. The first-order valence-electron chi connectivity index (χ1n) is 11.7. The summed E-state index contributed by atoms with van der Waals surface area (Å²) in [6.45, 7) is 1.83. The first-order chi connectivity index (χ1) is 16.9. The summed E-state index contributed by atoms with van der Waals surface area (Å²) in [4.78, 5) is 31.1. The third-order valence-corrected chi connectivity index (χ3v) is 7.23.